The largest absolute Gasteiger partial charge is 0.341 e. The lowest BCUT2D eigenvalue weighted by molar-refractivity contribution is -0.115. The molecule has 0 aromatic heterocycles. The molecule has 2 nitrogen and oxygen atoms in total. The fraction of sp³-hybridized carbons (Fsp3) is 0.0625. The Hall–Kier alpha value is -2.05. The van der Waals surface area contributed by atoms with E-state index < -0.39 is 0 Å². The van der Waals surface area contributed by atoms with Crippen LogP contribution < -0.4 is 5.32 Å². The molecule has 0 radical (unpaired) electrons. The molecule has 19 heavy (non-hydrogen) atoms. The Morgan fingerprint density at radius 1 is 1.05 bits per heavy atom. The first-order valence-electron chi connectivity index (χ1n) is 5.84. The van der Waals surface area contributed by atoms with Gasteiger partial charge in [0.2, 0.25) is 0 Å². The zero-order valence-corrected chi connectivity index (χ0v) is 11.8. The molecule has 0 aliphatic heterocycles. The highest BCUT2D eigenvalue weighted by Gasteiger charge is 2.00. The van der Waals surface area contributed by atoms with E-state index in [0.29, 0.717) is 6.54 Å². The summed E-state index contributed by atoms with van der Waals surface area (Å²) in [7, 11) is 0. The number of amides is 1. The van der Waals surface area contributed by atoms with Crippen LogP contribution in [0.1, 0.15) is 11.1 Å². The quantitative estimate of drug-likeness (QED) is 0.848. The summed E-state index contributed by atoms with van der Waals surface area (Å²) in [6.07, 6.45) is 0. The normalized spacial score (nSPS) is 9.32. The first kappa shape index (κ1) is 13.4. The summed E-state index contributed by atoms with van der Waals surface area (Å²) in [5.41, 5.74) is 1.86. The topological polar surface area (TPSA) is 29.1 Å². The molecule has 0 saturated carbocycles. The van der Waals surface area contributed by atoms with Gasteiger partial charge in [0.05, 0.1) is 0 Å². The van der Waals surface area contributed by atoms with Crippen molar-refractivity contribution in [3.8, 4) is 11.8 Å². The standard InChI is InChI=1S/C16H12BrNO/c17-15-9-5-4-8-14(15)12-18-16(19)11-10-13-6-2-1-3-7-13/h1-9H,12H2,(H,18,19). The lowest BCUT2D eigenvalue weighted by Crippen LogP contribution is -2.20. The van der Waals surface area contributed by atoms with E-state index in [-0.39, 0.29) is 5.91 Å². The van der Waals surface area contributed by atoms with Gasteiger partial charge in [-0.05, 0) is 23.8 Å². The summed E-state index contributed by atoms with van der Waals surface area (Å²) in [6, 6.07) is 17.2. The summed E-state index contributed by atoms with van der Waals surface area (Å²) < 4.78 is 0.978. The SMILES string of the molecule is O=C(C#Cc1ccccc1)NCc1ccccc1Br. The second-order valence-corrected chi connectivity index (χ2v) is 4.74. The molecule has 3 heteroatoms. The van der Waals surface area contributed by atoms with Gasteiger partial charge in [0.15, 0.2) is 0 Å². The van der Waals surface area contributed by atoms with Crippen LogP contribution in [0.5, 0.6) is 0 Å². The molecule has 2 aromatic carbocycles. The van der Waals surface area contributed by atoms with E-state index in [4.69, 9.17) is 0 Å². The Kier molecular flexibility index (Phi) is 4.77. The number of carbonyl (C=O) groups excluding carboxylic acids is 1. The Morgan fingerprint density at radius 2 is 1.74 bits per heavy atom. The van der Waals surface area contributed by atoms with Gasteiger partial charge in [-0.2, -0.15) is 0 Å². The van der Waals surface area contributed by atoms with Crippen molar-refractivity contribution in [2.45, 2.75) is 6.54 Å². The van der Waals surface area contributed by atoms with Gasteiger partial charge < -0.3 is 5.32 Å². The molecule has 0 heterocycles. The summed E-state index contributed by atoms with van der Waals surface area (Å²) in [5, 5.41) is 2.77. The van der Waals surface area contributed by atoms with Crippen molar-refractivity contribution < 1.29 is 4.79 Å². The second-order valence-electron chi connectivity index (χ2n) is 3.89. The average Bonchev–Trinajstić information content (AvgIpc) is 2.45. The minimum atomic E-state index is -0.278. The molecule has 0 spiro atoms. The summed E-state index contributed by atoms with van der Waals surface area (Å²) in [5.74, 6) is 5.12. The molecular weight excluding hydrogens is 302 g/mol. The fourth-order valence-corrected chi connectivity index (χ4v) is 1.94. The molecule has 0 fully saturated rings. The minimum absolute atomic E-state index is 0.278. The van der Waals surface area contributed by atoms with Crippen molar-refractivity contribution in [2.24, 2.45) is 0 Å². The van der Waals surface area contributed by atoms with Crippen LogP contribution in [0.2, 0.25) is 0 Å². The molecule has 1 amide bonds. The Balaban J connectivity index is 1.93. The highest BCUT2D eigenvalue weighted by Crippen LogP contribution is 2.15. The smallest absolute Gasteiger partial charge is 0.296 e. The van der Waals surface area contributed by atoms with Gasteiger partial charge >= 0.3 is 0 Å². The molecule has 1 N–H and O–H groups in total. The van der Waals surface area contributed by atoms with Gasteiger partial charge in [0, 0.05) is 22.5 Å². The maximum atomic E-state index is 11.6. The van der Waals surface area contributed by atoms with Crippen LogP contribution >= 0.6 is 15.9 Å². The molecule has 0 aliphatic carbocycles. The van der Waals surface area contributed by atoms with Gasteiger partial charge in [-0.1, -0.05) is 58.2 Å². The molecule has 0 bridgehead atoms. The number of nitrogens with one attached hydrogen (secondary N) is 1. The van der Waals surface area contributed by atoms with E-state index in [0.717, 1.165) is 15.6 Å². The second kappa shape index (κ2) is 6.77. The van der Waals surface area contributed by atoms with Crippen LogP contribution in [0.15, 0.2) is 59.1 Å². The number of hydrogen-bond acceptors (Lipinski definition) is 1. The van der Waals surface area contributed by atoms with E-state index in [1.165, 1.54) is 0 Å². The van der Waals surface area contributed by atoms with Gasteiger partial charge in [-0.3, -0.25) is 4.79 Å². The predicted octanol–water partition coefficient (Wildman–Crippen LogP) is 3.12. The van der Waals surface area contributed by atoms with E-state index in [9.17, 15) is 4.79 Å². The summed E-state index contributed by atoms with van der Waals surface area (Å²) >= 11 is 3.43. The van der Waals surface area contributed by atoms with Crippen LogP contribution in [0, 0.1) is 11.8 Å². The molecule has 2 aromatic rings. The maximum Gasteiger partial charge on any atom is 0.296 e. The summed E-state index contributed by atoms with van der Waals surface area (Å²) in [6.45, 7) is 0.462. The van der Waals surface area contributed by atoms with Gasteiger partial charge in [-0.25, -0.2) is 0 Å². The molecule has 0 aliphatic rings. The maximum absolute atomic E-state index is 11.6. The van der Waals surface area contributed by atoms with Crippen molar-refractivity contribution >= 4 is 21.8 Å². The number of hydrogen-bond donors (Lipinski definition) is 1. The predicted molar refractivity (Wildman–Crippen MR) is 79.3 cm³/mol. The third-order valence-corrected chi connectivity index (χ3v) is 3.27. The highest BCUT2D eigenvalue weighted by molar-refractivity contribution is 9.10. The fourth-order valence-electron chi connectivity index (χ4n) is 1.51. The minimum Gasteiger partial charge on any atom is -0.341 e. The van der Waals surface area contributed by atoms with E-state index in [2.05, 4.69) is 33.1 Å². The highest BCUT2D eigenvalue weighted by atomic mass is 79.9. The zero-order valence-electron chi connectivity index (χ0n) is 10.2. The van der Waals surface area contributed by atoms with Gasteiger partial charge in [-0.15, -0.1) is 0 Å². The molecule has 94 valence electrons. The Labute approximate surface area is 121 Å². The Morgan fingerprint density at radius 3 is 2.47 bits per heavy atom. The van der Waals surface area contributed by atoms with Crippen molar-refractivity contribution in [2.75, 3.05) is 0 Å². The summed E-state index contributed by atoms with van der Waals surface area (Å²) in [4.78, 5) is 11.6. The van der Waals surface area contributed by atoms with Crippen LogP contribution in [0.25, 0.3) is 0 Å². The lowest BCUT2D eigenvalue weighted by Gasteiger charge is -2.03. The first-order chi connectivity index (χ1) is 9.25. The monoisotopic (exact) mass is 313 g/mol. The van der Waals surface area contributed by atoms with E-state index >= 15 is 0 Å². The average molecular weight is 314 g/mol. The molecule has 2 rings (SSSR count). The number of carbonyl (C=O) groups is 1. The van der Waals surface area contributed by atoms with Crippen LogP contribution in [0.3, 0.4) is 0 Å². The Bertz CT molecular complexity index is 626. The molecular formula is C16H12BrNO. The molecule has 0 saturated heterocycles. The van der Waals surface area contributed by atoms with Gasteiger partial charge in [0.25, 0.3) is 5.91 Å². The van der Waals surface area contributed by atoms with Crippen molar-refractivity contribution in [1.82, 2.24) is 5.32 Å². The van der Waals surface area contributed by atoms with Crippen LogP contribution in [-0.2, 0) is 11.3 Å². The molecule has 0 unspecified atom stereocenters. The van der Waals surface area contributed by atoms with Crippen LogP contribution in [0.4, 0.5) is 0 Å². The number of rotatable bonds is 2. The third kappa shape index (κ3) is 4.27. The van der Waals surface area contributed by atoms with Crippen molar-refractivity contribution in [1.29, 1.82) is 0 Å². The first-order valence-corrected chi connectivity index (χ1v) is 6.63. The van der Waals surface area contributed by atoms with Crippen LogP contribution in [-0.4, -0.2) is 5.91 Å². The third-order valence-electron chi connectivity index (χ3n) is 2.49. The van der Waals surface area contributed by atoms with E-state index in [1.54, 1.807) is 0 Å². The lowest BCUT2D eigenvalue weighted by atomic mass is 10.2. The van der Waals surface area contributed by atoms with Crippen molar-refractivity contribution in [3.63, 3.8) is 0 Å². The van der Waals surface area contributed by atoms with Crippen molar-refractivity contribution in [3.05, 3.63) is 70.2 Å². The molecule has 0 atom stereocenters. The number of halogens is 1. The van der Waals surface area contributed by atoms with Gasteiger partial charge in [0.1, 0.15) is 0 Å². The number of benzene rings is 2. The van der Waals surface area contributed by atoms with E-state index in [1.807, 2.05) is 54.6 Å². The zero-order chi connectivity index (χ0) is 13.5.